The van der Waals surface area contributed by atoms with Gasteiger partial charge < -0.3 is 9.30 Å². The van der Waals surface area contributed by atoms with Crippen LogP contribution in [0.15, 0.2) is 54.6 Å². The number of hydrogen-bond donors (Lipinski definition) is 0. The Labute approximate surface area is 147 Å². The molecule has 4 nitrogen and oxygen atoms in total. The van der Waals surface area contributed by atoms with Crippen LogP contribution in [0.2, 0.25) is 0 Å². The van der Waals surface area contributed by atoms with Gasteiger partial charge in [-0.1, -0.05) is 49.7 Å². The van der Waals surface area contributed by atoms with E-state index in [1.807, 2.05) is 30.3 Å². The SMILES string of the molecule is CCCCn1c(-c2ccc(/C=C/C(=O)OC)cc2)nc2ccccc21. The highest BCUT2D eigenvalue weighted by atomic mass is 16.5. The highest BCUT2D eigenvalue weighted by molar-refractivity contribution is 5.87. The van der Waals surface area contributed by atoms with Gasteiger partial charge in [0.2, 0.25) is 0 Å². The van der Waals surface area contributed by atoms with Gasteiger partial charge in [-0.2, -0.15) is 0 Å². The van der Waals surface area contributed by atoms with Crippen LogP contribution in [0.4, 0.5) is 0 Å². The number of fused-ring (bicyclic) bond motifs is 1. The molecule has 3 rings (SSSR count). The van der Waals surface area contributed by atoms with Crippen LogP contribution in [-0.2, 0) is 16.1 Å². The van der Waals surface area contributed by atoms with Gasteiger partial charge in [0.05, 0.1) is 18.1 Å². The van der Waals surface area contributed by atoms with Gasteiger partial charge in [-0.3, -0.25) is 0 Å². The average Bonchev–Trinajstić information content (AvgIpc) is 3.03. The number of carbonyl (C=O) groups is 1. The van der Waals surface area contributed by atoms with Crippen LogP contribution in [-0.4, -0.2) is 22.6 Å². The number of rotatable bonds is 6. The number of hydrogen-bond acceptors (Lipinski definition) is 3. The van der Waals surface area contributed by atoms with Gasteiger partial charge in [-0.05, 0) is 30.2 Å². The molecule has 0 spiro atoms. The normalized spacial score (nSPS) is 11.3. The number of nitrogens with zero attached hydrogens (tertiary/aromatic N) is 2. The number of aromatic nitrogens is 2. The standard InChI is InChI=1S/C21H22N2O2/c1-3-4-15-23-19-8-6-5-7-18(19)22-21(23)17-12-9-16(10-13-17)11-14-20(24)25-2/h5-14H,3-4,15H2,1-2H3/b14-11+. The smallest absolute Gasteiger partial charge is 0.330 e. The first-order valence-electron chi connectivity index (χ1n) is 8.54. The van der Waals surface area contributed by atoms with Crippen molar-refractivity contribution in [2.45, 2.75) is 26.3 Å². The van der Waals surface area contributed by atoms with Crippen molar-refractivity contribution < 1.29 is 9.53 Å². The fraction of sp³-hybridized carbons (Fsp3) is 0.238. The van der Waals surface area contributed by atoms with Gasteiger partial charge in [0.25, 0.3) is 0 Å². The van der Waals surface area contributed by atoms with Crippen molar-refractivity contribution in [2.75, 3.05) is 7.11 Å². The highest BCUT2D eigenvalue weighted by Crippen LogP contribution is 2.26. The topological polar surface area (TPSA) is 44.1 Å². The van der Waals surface area contributed by atoms with Crippen molar-refractivity contribution >= 4 is 23.1 Å². The average molecular weight is 334 g/mol. The summed E-state index contributed by atoms with van der Waals surface area (Å²) in [6, 6.07) is 16.3. The van der Waals surface area contributed by atoms with Crippen LogP contribution in [0.5, 0.6) is 0 Å². The summed E-state index contributed by atoms with van der Waals surface area (Å²) in [5.41, 5.74) is 4.21. The van der Waals surface area contributed by atoms with Crippen molar-refractivity contribution in [1.82, 2.24) is 9.55 Å². The molecule has 0 aliphatic carbocycles. The highest BCUT2D eigenvalue weighted by Gasteiger charge is 2.11. The van der Waals surface area contributed by atoms with E-state index in [1.54, 1.807) is 6.08 Å². The first-order chi connectivity index (χ1) is 12.2. The molecular formula is C21H22N2O2. The zero-order valence-electron chi connectivity index (χ0n) is 14.6. The third-order valence-electron chi connectivity index (χ3n) is 4.17. The number of esters is 1. The number of imidazole rings is 1. The van der Waals surface area contributed by atoms with Gasteiger partial charge >= 0.3 is 5.97 Å². The number of methoxy groups -OCH3 is 1. The predicted molar refractivity (Wildman–Crippen MR) is 101 cm³/mol. The molecule has 2 aromatic carbocycles. The molecule has 0 saturated heterocycles. The van der Waals surface area contributed by atoms with E-state index in [1.165, 1.54) is 18.7 Å². The molecule has 0 bridgehead atoms. The van der Waals surface area contributed by atoms with Crippen LogP contribution in [0.1, 0.15) is 25.3 Å². The van der Waals surface area contributed by atoms with Crippen molar-refractivity contribution in [3.63, 3.8) is 0 Å². The lowest BCUT2D eigenvalue weighted by molar-refractivity contribution is -0.134. The Morgan fingerprint density at radius 3 is 2.64 bits per heavy atom. The van der Waals surface area contributed by atoms with E-state index in [4.69, 9.17) is 4.98 Å². The second-order valence-electron chi connectivity index (χ2n) is 5.91. The fourth-order valence-electron chi connectivity index (χ4n) is 2.81. The molecule has 0 fully saturated rings. The summed E-state index contributed by atoms with van der Waals surface area (Å²) >= 11 is 0. The Morgan fingerprint density at radius 2 is 1.92 bits per heavy atom. The zero-order chi connectivity index (χ0) is 17.6. The molecule has 1 heterocycles. The summed E-state index contributed by atoms with van der Waals surface area (Å²) in [6.07, 6.45) is 5.43. The van der Waals surface area contributed by atoms with Gasteiger partial charge in [-0.25, -0.2) is 9.78 Å². The molecule has 0 unspecified atom stereocenters. The van der Waals surface area contributed by atoms with Crippen molar-refractivity contribution in [2.24, 2.45) is 0 Å². The monoisotopic (exact) mass is 334 g/mol. The third kappa shape index (κ3) is 3.79. The van der Waals surface area contributed by atoms with Crippen LogP contribution >= 0.6 is 0 Å². The first-order valence-corrected chi connectivity index (χ1v) is 8.54. The maximum absolute atomic E-state index is 11.2. The van der Waals surface area contributed by atoms with Crippen LogP contribution in [0.3, 0.4) is 0 Å². The lowest BCUT2D eigenvalue weighted by Gasteiger charge is -2.09. The summed E-state index contributed by atoms with van der Waals surface area (Å²) in [6.45, 7) is 3.15. The molecule has 4 heteroatoms. The van der Waals surface area contributed by atoms with Crippen LogP contribution < -0.4 is 0 Å². The summed E-state index contributed by atoms with van der Waals surface area (Å²) in [5.74, 6) is 0.628. The Morgan fingerprint density at radius 1 is 1.16 bits per heavy atom. The largest absolute Gasteiger partial charge is 0.466 e. The van der Waals surface area contributed by atoms with Crippen molar-refractivity contribution in [3.8, 4) is 11.4 Å². The molecule has 1 aromatic heterocycles. The third-order valence-corrected chi connectivity index (χ3v) is 4.17. The molecule has 0 aliphatic heterocycles. The maximum atomic E-state index is 11.2. The molecule has 0 aliphatic rings. The molecule has 0 saturated carbocycles. The number of carbonyl (C=O) groups excluding carboxylic acids is 1. The number of aryl methyl sites for hydroxylation is 1. The molecule has 3 aromatic rings. The molecular weight excluding hydrogens is 312 g/mol. The number of para-hydroxylation sites is 2. The molecule has 0 amide bonds. The number of unbranched alkanes of at least 4 members (excludes halogenated alkanes) is 1. The van der Waals surface area contributed by atoms with E-state index in [9.17, 15) is 4.79 Å². The summed E-state index contributed by atoms with van der Waals surface area (Å²) in [7, 11) is 1.37. The second-order valence-corrected chi connectivity index (χ2v) is 5.91. The zero-order valence-corrected chi connectivity index (χ0v) is 14.6. The van der Waals surface area contributed by atoms with Gasteiger partial charge in [0, 0.05) is 18.2 Å². The number of benzene rings is 2. The summed E-state index contributed by atoms with van der Waals surface area (Å²) < 4.78 is 6.90. The van der Waals surface area contributed by atoms with E-state index in [0.717, 1.165) is 41.9 Å². The van der Waals surface area contributed by atoms with Crippen LogP contribution in [0.25, 0.3) is 28.5 Å². The quantitative estimate of drug-likeness (QED) is 0.485. The second kappa shape index (κ2) is 7.79. The van der Waals surface area contributed by atoms with E-state index < -0.39 is 0 Å². The Balaban J connectivity index is 1.95. The lowest BCUT2D eigenvalue weighted by atomic mass is 10.1. The molecule has 0 radical (unpaired) electrons. The minimum atomic E-state index is -0.356. The molecule has 0 N–H and O–H groups in total. The molecule has 0 atom stereocenters. The fourth-order valence-corrected chi connectivity index (χ4v) is 2.81. The van der Waals surface area contributed by atoms with Gasteiger partial charge in [-0.15, -0.1) is 0 Å². The first kappa shape index (κ1) is 17.0. The van der Waals surface area contributed by atoms with E-state index in [0.29, 0.717) is 0 Å². The Hall–Kier alpha value is -2.88. The van der Waals surface area contributed by atoms with Crippen LogP contribution in [0, 0.1) is 0 Å². The number of ether oxygens (including phenoxy) is 1. The Kier molecular flexibility index (Phi) is 5.29. The van der Waals surface area contributed by atoms with Gasteiger partial charge in [0.15, 0.2) is 0 Å². The molecule has 25 heavy (non-hydrogen) atoms. The van der Waals surface area contributed by atoms with E-state index >= 15 is 0 Å². The lowest BCUT2D eigenvalue weighted by Crippen LogP contribution is -2.00. The van der Waals surface area contributed by atoms with E-state index in [-0.39, 0.29) is 5.97 Å². The predicted octanol–water partition coefficient (Wildman–Crippen LogP) is 4.69. The Bertz CT molecular complexity index is 892. The van der Waals surface area contributed by atoms with E-state index in [2.05, 4.69) is 34.4 Å². The minimum absolute atomic E-state index is 0.356. The maximum Gasteiger partial charge on any atom is 0.330 e. The van der Waals surface area contributed by atoms with Crippen molar-refractivity contribution in [1.29, 1.82) is 0 Å². The summed E-state index contributed by atoms with van der Waals surface area (Å²) in [4.78, 5) is 16.0. The van der Waals surface area contributed by atoms with Gasteiger partial charge in [0.1, 0.15) is 5.82 Å². The summed E-state index contributed by atoms with van der Waals surface area (Å²) in [5, 5.41) is 0. The minimum Gasteiger partial charge on any atom is -0.466 e. The molecule has 128 valence electrons. The van der Waals surface area contributed by atoms with Crippen molar-refractivity contribution in [3.05, 3.63) is 60.2 Å².